The van der Waals surface area contributed by atoms with Crippen molar-refractivity contribution in [3.8, 4) is 11.1 Å². The van der Waals surface area contributed by atoms with Crippen LogP contribution in [-0.4, -0.2) is 41.3 Å². The first-order valence-electron chi connectivity index (χ1n) is 6.64. The fraction of sp³-hybridized carbons (Fsp3) is 0.462. The zero-order valence-corrected chi connectivity index (χ0v) is 13.9. The number of halogens is 1. The molecule has 0 bridgehead atoms. The average molecular weight is 371 g/mol. The zero-order chi connectivity index (χ0) is 14.7. The van der Waals surface area contributed by atoms with Crippen molar-refractivity contribution in [1.29, 1.82) is 0 Å². The Labute approximate surface area is 135 Å². The summed E-state index contributed by atoms with van der Waals surface area (Å²) in [5.41, 5.74) is 0. The van der Waals surface area contributed by atoms with Crippen LogP contribution in [0.1, 0.15) is 12.8 Å². The van der Waals surface area contributed by atoms with Gasteiger partial charge in [-0.1, -0.05) is 11.3 Å². The van der Waals surface area contributed by atoms with E-state index in [-0.39, 0.29) is 6.10 Å². The Hall–Kier alpha value is -1.41. The maximum Gasteiger partial charge on any atom is 0.273 e. The predicted molar refractivity (Wildman–Crippen MR) is 84.3 cm³/mol. The number of nitrogens with zero attached hydrogens (tertiary/aromatic N) is 4. The standard InChI is InChI=1S/C13H15BrN4O2S/c1-19-11-10(14)8-16-12(17-11)18-5-2-9(3-6-18)20-13-15-4-7-21-13/h4,7-9H,2-3,5-6H2,1H3. The van der Waals surface area contributed by atoms with Gasteiger partial charge in [-0.2, -0.15) is 4.98 Å². The van der Waals surface area contributed by atoms with Gasteiger partial charge < -0.3 is 14.4 Å². The summed E-state index contributed by atoms with van der Waals surface area (Å²) < 4.78 is 11.8. The molecule has 1 aliphatic rings. The highest BCUT2D eigenvalue weighted by Crippen LogP contribution is 2.26. The summed E-state index contributed by atoms with van der Waals surface area (Å²) in [5, 5.41) is 2.67. The Morgan fingerprint density at radius 2 is 2.14 bits per heavy atom. The highest BCUT2D eigenvalue weighted by molar-refractivity contribution is 9.10. The minimum Gasteiger partial charge on any atom is -0.480 e. The third-order valence-electron chi connectivity index (χ3n) is 3.29. The maximum absolute atomic E-state index is 5.85. The van der Waals surface area contributed by atoms with E-state index in [2.05, 4.69) is 35.8 Å². The number of hydrogen-bond donors (Lipinski definition) is 0. The van der Waals surface area contributed by atoms with E-state index in [0.717, 1.165) is 35.6 Å². The first kappa shape index (κ1) is 14.5. The van der Waals surface area contributed by atoms with E-state index in [1.165, 1.54) is 11.3 Å². The van der Waals surface area contributed by atoms with Crippen LogP contribution in [0.3, 0.4) is 0 Å². The second-order valence-electron chi connectivity index (χ2n) is 4.63. The van der Waals surface area contributed by atoms with Crippen molar-refractivity contribution in [2.24, 2.45) is 0 Å². The second kappa shape index (κ2) is 6.57. The van der Waals surface area contributed by atoms with Crippen LogP contribution in [0.25, 0.3) is 0 Å². The molecule has 0 spiro atoms. The second-order valence-corrected chi connectivity index (χ2v) is 6.34. The number of methoxy groups -OCH3 is 1. The molecule has 2 aromatic rings. The molecule has 0 saturated carbocycles. The number of thiazole rings is 1. The van der Waals surface area contributed by atoms with Crippen LogP contribution in [0.4, 0.5) is 5.95 Å². The van der Waals surface area contributed by atoms with Crippen molar-refractivity contribution in [1.82, 2.24) is 15.0 Å². The van der Waals surface area contributed by atoms with Gasteiger partial charge in [0.05, 0.1) is 17.8 Å². The molecule has 0 N–H and O–H groups in total. The van der Waals surface area contributed by atoms with Gasteiger partial charge in [0.2, 0.25) is 11.8 Å². The highest BCUT2D eigenvalue weighted by atomic mass is 79.9. The Bertz CT molecular complexity index is 588. The van der Waals surface area contributed by atoms with Gasteiger partial charge in [0.25, 0.3) is 5.19 Å². The molecule has 21 heavy (non-hydrogen) atoms. The molecule has 3 rings (SSSR count). The number of anilines is 1. The molecule has 0 unspecified atom stereocenters. The number of hydrogen-bond acceptors (Lipinski definition) is 7. The molecule has 0 radical (unpaired) electrons. The summed E-state index contributed by atoms with van der Waals surface area (Å²) in [6.07, 6.45) is 5.56. The van der Waals surface area contributed by atoms with Gasteiger partial charge in [-0.3, -0.25) is 0 Å². The number of ether oxygens (including phenoxy) is 2. The minimum atomic E-state index is 0.213. The van der Waals surface area contributed by atoms with Crippen LogP contribution < -0.4 is 14.4 Å². The molecule has 3 heterocycles. The monoisotopic (exact) mass is 370 g/mol. The first-order valence-corrected chi connectivity index (χ1v) is 8.31. The summed E-state index contributed by atoms with van der Waals surface area (Å²) in [4.78, 5) is 15.1. The fourth-order valence-corrected chi connectivity index (χ4v) is 3.13. The van der Waals surface area contributed by atoms with Gasteiger partial charge in [0.15, 0.2) is 0 Å². The first-order chi connectivity index (χ1) is 10.3. The van der Waals surface area contributed by atoms with E-state index < -0.39 is 0 Å². The van der Waals surface area contributed by atoms with Crippen LogP contribution in [0.2, 0.25) is 0 Å². The summed E-state index contributed by atoms with van der Waals surface area (Å²) in [5.74, 6) is 1.25. The molecule has 0 aromatic carbocycles. The lowest BCUT2D eigenvalue weighted by Crippen LogP contribution is -2.39. The van der Waals surface area contributed by atoms with Gasteiger partial charge in [-0.05, 0) is 15.9 Å². The normalized spacial score (nSPS) is 16.0. The fourth-order valence-electron chi connectivity index (χ4n) is 2.22. The van der Waals surface area contributed by atoms with Crippen LogP contribution in [0, 0.1) is 0 Å². The third kappa shape index (κ3) is 3.44. The predicted octanol–water partition coefficient (Wildman–Crippen LogP) is 2.75. The van der Waals surface area contributed by atoms with Gasteiger partial charge in [0.1, 0.15) is 6.10 Å². The van der Waals surface area contributed by atoms with E-state index >= 15 is 0 Å². The molecule has 8 heteroatoms. The molecular formula is C13H15BrN4O2S. The quantitative estimate of drug-likeness (QED) is 0.824. The number of aromatic nitrogens is 3. The van der Waals surface area contributed by atoms with Crippen molar-refractivity contribution in [3.63, 3.8) is 0 Å². The Kier molecular flexibility index (Phi) is 4.54. The van der Waals surface area contributed by atoms with Crippen molar-refractivity contribution in [2.45, 2.75) is 18.9 Å². The summed E-state index contributed by atoms with van der Waals surface area (Å²) in [6.45, 7) is 1.72. The molecule has 0 amide bonds. The zero-order valence-electron chi connectivity index (χ0n) is 11.5. The highest BCUT2D eigenvalue weighted by Gasteiger charge is 2.23. The van der Waals surface area contributed by atoms with Crippen molar-refractivity contribution < 1.29 is 9.47 Å². The van der Waals surface area contributed by atoms with E-state index in [1.54, 1.807) is 19.5 Å². The lowest BCUT2D eigenvalue weighted by atomic mass is 10.1. The van der Waals surface area contributed by atoms with Crippen LogP contribution in [0.15, 0.2) is 22.2 Å². The summed E-state index contributed by atoms with van der Waals surface area (Å²) in [6, 6.07) is 0. The van der Waals surface area contributed by atoms with Crippen molar-refractivity contribution in [2.75, 3.05) is 25.1 Å². The lowest BCUT2D eigenvalue weighted by molar-refractivity contribution is 0.170. The summed E-state index contributed by atoms with van der Waals surface area (Å²) in [7, 11) is 1.60. The Balaban J connectivity index is 1.60. The smallest absolute Gasteiger partial charge is 0.273 e. The SMILES string of the molecule is COc1nc(N2CCC(Oc3nccs3)CC2)ncc1Br. The molecule has 0 atom stereocenters. The lowest BCUT2D eigenvalue weighted by Gasteiger charge is -2.31. The minimum absolute atomic E-state index is 0.213. The molecule has 2 aromatic heterocycles. The molecule has 1 fully saturated rings. The number of rotatable bonds is 4. The Morgan fingerprint density at radius 3 is 2.81 bits per heavy atom. The van der Waals surface area contributed by atoms with Gasteiger partial charge in [0, 0.05) is 37.5 Å². The van der Waals surface area contributed by atoms with Crippen LogP contribution in [0.5, 0.6) is 11.1 Å². The molecule has 1 aliphatic heterocycles. The molecule has 6 nitrogen and oxygen atoms in total. The molecular weight excluding hydrogens is 356 g/mol. The third-order valence-corrected chi connectivity index (χ3v) is 4.50. The summed E-state index contributed by atoms with van der Waals surface area (Å²) >= 11 is 4.89. The molecule has 0 aliphatic carbocycles. The van der Waals surface area contributed by atoms with E-state index in [0.29, 0.717) is 11.8 Å². The number of piperidine rings is 1. The van der Waals surface area contributed by atoms with Gasteiger partial charge in [-0.15, -0.1) is 0 Å². The van der Waals surface area contributed by atoms with E-state index in [9.17, 15) is 0 Å². The van der Waals surface area contributed by atoms with Crippen LogP contribution in [-0.2, 0) is 0 Å². The van der Waals surface area contributed by atoms with E-state index in [1.807, 2.05) is 5.38 Å². The van der Waals surface area contributed by atoms with Crippen molar-refractivity contribution in [3.05, 3.63) is 22.2 Å². The van der Waals surface area contributed by atoms with E-state index in [4.69, 9.17) is 9.47 Å². The largest absolute Gasteiger partial charge is 0.480 e. The maximum atomic E-state index is 5.85. The Morgan fingerprint density at radius 1 is 1.33 bits per heavy atom. The topological polar surface area (TPSA) is 60.4 Å². The van der Waals surface area contributed by atoms with Gasteiger partial charge >= 0.3 is 0 Å². The molecule has 112 valence electrons. The average Bonchev–Trinajstić information content (AvgIpc) is 3.02. The van der Waals surface area contributed by atoms with Crippen LogP contribution >= 0.6 is 27.3 Å². The van der Waals surface area contributed by atoms with Gasteiger partial charge in [-0.25, -0.2) is 9.97 Å². The van der Waals surface area contributed by atoms with Crippen molar-refractivity contribution >= 4 is 33.2 Å². The molecule has 1 saturated heterocycles.